The lowest BCUT2D eigenvalue weighted by Gasteiger charge is -2.21. The highest BCUT2D eigenvalue weighted by Gasteiger charge is 2.25. The van der Waals surface area contributed by atoms with Crippen molar-refractivity contribution in [1.29, 1.82) is 0 Å². The Labute approximate surface area is 119 Å². The van der Waals surface area contributed by atoms with E-state index in [0.717, 1.165) is 23.2 Å². The number of halogens is 3. The lowest BCUT2D eigenvalue weighted by atomic mass is 9.87. The van der Waals surface area contributed by atoms with Gasteiger partial charge in [0, 0.05) is 5.33 Å². The molecule has 1 unspecified atom stereocenters. The summed E-state index contributed by atoms with van der Waals surface area (Å²) in [6.45, 7) is 0. The zero-order chi connectivity index (χ0) is 12.3. The second-order valence-corrected chi connectivity index (χ2v) is 6.32. The third-order valence-corrected chi connectivity index (χ3v) is 5.50. The molecule has 94 valence electrons. The summed E-state index contributed by atoms with van der Waals surface area (Å²) < 4.78 is 14.1. The molecule has 1 fully saturated rings. The monoisotopic (exact) mass is 362 g/mol. The molecule has 0 bridgehead atoms. The van der Waals surface area contributed by atoms with Gasteiger partial charge in [0.15, 0.2) is 0 Å². The van der Waals surface area contributed by atoms with Gasteiger partial charge in [0.1, 0.15) is 5.82 Å². The van der Waals surface area contributed by atoms with E-state index in [2.05, 4.69) is 31.9 Å². The van der Waals surface area contributed by atoms with E-state index in [1.807, 2.05) is 6.07 Å². The molecule has 0 spiro atoms. The van der Waals surface area contributed by atoms with Crippen molar-refractivity contribution in [1.82, 2.24) is 0 Å². The predicted octanol–water partition coefficient (Wildman–Crippen LogP) is 5.33. The fraction of sp³-hybridized carbons (Fsp3) is 0.571. The molecule has 17 heavy (non-hydrogen) atoms. The van der Waals surface area contributed by atoms with Crippen LogP contribution in [0, 0.1) is 17.7 Å². The van der Waals surface area contributed by atoms with Crippen molar-refractivity contribution < 1.29 is 4.39 Å². The van der Waals surface area contributed by atoms with Gasteiger partial charge in [0.25, 0.3) is 0 Å². The molecule has 0 aliphatic heterocycles. The Bertz CT molecular complexity index is 372. The largest absolute Gasteiger partial charge is 0.206 e. The van der Waals surface area contributed by atoms with Gasteiger partial charge in [-0.05, 0) is 45.8 Å². The van der Waals surface area contributed by atoms with E-state index in [4.69, 9.17) is 0 Å². The summed E-state index contributed by atoms with van der Waals surface area (Å²) in [7, 11) is 0. The highest BCUT2D eigenvalue weighted by Crippen LogP contribution is 2.35. The van der Waals surface area contributed by atoms with Crippen LogP contribution in [-0.2, 0) is 6.42 Å². The van der Waals surface area contributed by atoms with Crippen molar-refractivity contribution in [2.24, 2.45) is 11.8 Å². The molecule has 0 heterocycles. The van der Waals surface area contributed by atoms with Crippen LogP contribution in [0.3, 0.4) is 0 Å². The van der Waals surface area contributed by atoms with Gasteiger partial charge in [-0.1, -0.05) is 53.7 Å². The van der Waals surface area contributed by atoms with E-state index < -0.39 is 0 Å². The van der Waals surface area contributed by atoms with Gasteiger partial charge in [0.2, 0.25) is 0 Å². The minimum atomic E-state index is -0.151. The number of rotatable bonds is 4. The number of hydrogen-bond acceptors (Lipinski definition) is 0. The molecule has 3 heteroatoms. The van der Waals surface area contributed by atoms with Gasteiger partial charge in [-0.15, -0.1) is 0 Å². The zero-order valence-electron chi connectivity index (χ0n) is 9.76. The molecule has 1 aliphatic rings. The molecule has 0 nitrogen and oxygen atoms in total. The highest BCUT2D eigenvalue weighted by atomic mass is 79.9. The van der Waals surface area contributed by atoms with Gasteiger partial charge in [-0.3, -0.25) is 0 Å². The maximum Gasteiger partial charge on any atom is 0.137 e. The van der Waals surface area contributed by atoms with Crippen molar-refractivity contribution in [3.05, 3.63) is 34.1 Å². The Morgan fingerprint density at radius 2 is 2.00 bits per heavy atom. The maximum atomic E-state index is 13.5. The summed E-state index contributed by atoms with van der Waals surface area (Å²) in [5.74, 6) is 1.29. The Morgan fingerprint density at radius 1 is 1.29 bits per heavy atom. The van der Waals surface area contributed by atoms with Crippen LogP contribution >= 0.6 is 31.9 Å². The Hall–Kier alpha value is 0.110. The molecular formula is C14H17Br2F. The summed E-state index contributed by atoms with van der Waals surface area (Å²) in [5.41, 5.74) is 1.10. The van der Waals surface area contributed by atoms with Crippen LogP contribution in [0.25, 0.3) is 0 Å². The van der Waals surface area contributed by atoms with Gasteiger partial charge < -0.3 is 0 Å². The summed E-state index contributed by atoms with van der Waals surface area (Å²) in [6, 6.07) is 5.33. The Kier molecular flexibility index (Phi) is 5.04. The number of benzene rings is 1. The van der Waals surface area contributed by atoms with E-state index in [-0.39, 0.29) is 5.82 Å². The number of alkyl halides is 1. The third-order valence-electron chi connectivity index (χ3n) is 3.78. The molecule has 0 radical (unpaired) electrons. The second kappa shape index (κ2) is 6.33. The normalized spacial score (nSPS) is 18.5. The fourth-order valence-electron chi connectivity index (χ4n) is 2.76. The van der Waals surface area contributed by atoms with E-state index in [0.29, 0.717) is 10.4 Å². The Morgan fingerprint density at radius 3 is 2.65 bits per heavy atom. The minimum absolute atomic E-state index is 0.151. The molecule has 1 aromatic rings. The van der Waals surface area contributed by atoms with Crippen LogP contribution in [-0.4, -0.2) is 5.33 Å². The van der Waals surface area contributed by atoms with Crippen LogP contribution in [0.2, 0.25) is 0 Å². The maximum absolute atomic E-state index is 13.5. The van der Waals surface area contributed by atoms with E-state index in [1.54, 1.807) is 6.07 Å². The molecule has 0 amide bonds. The SMILES string of the molecule is Fc1cccc(CC(CBr)C2CCCC2)c1Br. The number of hydrogen-bond donors (Lipinski definition) is 0. The fourth-order valence-corrected chi connectivity index (χ4v) is 3.95. The van der Waals surface area contributed by atoms with Crippen LogP contribution in [0.4, 0.5) is 4.39 Å². The van der Waals surface area contributed by atoms with Crippen molar-refractivity contribution in [3.63, 3.8) is 0 Å². The third kappa shape index (κ3) is 3.31. The first-order chi connectivity index (χ1) is 8.22. The first-order valence-corrected chi connectivity index (χ1v) is 8.12. The molecule has 1 saturated carbocycles. The molecule has 0 N–H and O–H groups in total. The van der Waals surface area contributed by atoms with E-state index >= 15 is 0 Å². The molecule has 1 aromatic carbocycles. The van der Waals surface area contributed by atoms with Crippen LogP contribution in [0.5, 0.6) is 0 Å². The molecule has 1 atom stereocenters. The molecular weight excluding hydrogens is 347 g/mol. The summed E-state index contributed by atoms with van der Waals surface area (Å²) in [5, 5.41) is 1.01. The van der Waals surface area contributed by atoms with Crippen molar-refractivity contribution in [3.8, 4) is 0 Å². The first kappa shape index (κ1) is 13.5. The summed E-state index contributed by atoms with van der Waals surface area (Å²) >= 11 is 6.97. The zero-order valence-corrected chi connectivity index (χ0v) is 12.9. The summed E-state index contributed by atoms with van der Waals surface area (Å²) in [6.07, 6.45) is 6.36. The van der Waals surface area contributed by atoms with Crippen LogP contribution in [0.1, 0.15) is 31.2 Å². The lowest BCUT2D eigenvalue weighted by molar-refractivity contribution is 0.372. The van der Waals surface area contributed by atoms with E-state index in [1.165, 1.54) is 31.7 Å². The van der Waals surface area contributed by atoms with Gasteiger partial charge in [-0.25, -0.2) is 4.39 Å². The van der Waals surface area contributed by atoms with Crippen molar-refractivity contribution >= 4 is 31.9 Å². The topological polar surface area (TPSA) is 0 Å². The molecule has 2 rings (SSSR count). The molecule has 0 saturated heterocycles. The predicted molar refractivity (Wildman–Crippen MR) is 77.0 cm³/mol. The van der Waals surface area contributed by atoms with Crippen LogP contribution in [0.15, 0.2) is 22.7 Å². The standard InChI is InChI=1S/C14H17Br2F/c15-9-12(10-4-1-2-5-10)8-11-6-3-7-13(17)14(11)16/h3,6-7,10,12H,1-2,4-5,8-9H2. The average Bonchev–Trinajstić information content (AvgIpc) is 2.85. The van der Waals surface area contributed by atoms with E-state index in [9.17, 15) is 4.39 Å². The van der Waals surface area contributed by atoms with Crippen molar-refractivity contribution in [2.75, 3.05) is 5.33 Å². The Balaban J connectivity index is 2.09. The quantitative estimate of drug-likeness (QED) is 0.634. The highest BCUT2D eigenvalue weighted by molar-refractivity contribution is 9.10. The molecule has 0 aromatic heterocycles. The lowest BCUT2D eigenvalue weighted by Crippen LogP contribution is -2.16. The second-order valence-electron chi connectivity index (χ2n) is 4.88. The average molecular weight is 364 g/mol. The van der Waals surface area contributed by atoms with Gasteiger partial charge in [-0.2, -0.15) is 0 Å². The van der Waals surface area contributed by atoms with Gasteiger partial charge >= 0.3 is 0 Å². The minimum Gasteiger partial charge on any atom is -0.206 e. The smallest absolute Gasteiger partial charge is 0.137 e. The van der Waals surface area contributed by atoms with Crippen LogP contribution < -0.4 is 0 Å². The summed E-state index contributed by atoms with van der Waals surface area (Å²) in [4.78, 5) is 0. The first-order valence-electron chi connectivity index (χ1n) is 6.21. The van der Waals surface area contributed by atoms with Crippen molar-refractivity contribution in [2.45, 2.75) is 32.1 Å². The van der Waals surface area contributed by atoms with Gasteiger partial charge in [0.05, 0.1) is 4.47 Å². The molecule has 1 aliphatic carbocycles.